The number of nitrogens with two attached hydrogens (primary N) is 1. The van der Waals surface area contributed by atoms with Gasteiger partial charge in [-0.3, -0.25) is 4.79 Å². The van der Waals surface area contributed by atoms with Crippen LogP contribution in [0.4, 0.5) is 8.78 Å². The minimum Gasteiger partial charge on any atom is -0.435 e. The smallest absolute Gasteiger partial charge is 0.387 e. The number of aromatic nitrogens is 3. The molecule has 1 aliphatic rings. The summed E-state index contributed by atoms with van der Waals surface area (Å²) in [6, 6.07) is 6.00. The highest BCUT2D eigenvalue weighted by Crippen LogP contribution is 2.21. The predicted molar refractivity (Wildman–Crippen MR) is 90.4 cm³/mol. The molecule has 140 valence electrons. The molecule has 2 heterocycles. The average molecular weight is 365 g/mol. The zero-order chi connectivity index (χ0) is 18.7. The van der Waals surface area contributed by atoms with Gasteiger partial charge in [0.15, 0.2) is 5.69 Å². The van der Waals surface area contributed by atoms with E-state index in [2.05, 4.69) is 15.0 Å². The highest BCUT2D eigenvalue weighted by Gasteiger charge is 2.26. The fraction of sp³-hybridized carbons (Fsp3) is 0.471. The third-order valence-corrected chi connectivity index (χ3v) is 4.64. The third-order valence-electron chi connectivity index (χ3n) is 4.64. The van der Waals surface area contributed by atoms with E-state index in [1.54, 1.807) is 24.0 Å². The van der Waals surface area contributed by atoms with Crippen LogP contribution in [0.2, 0.25) is 0 Å². The van der Waals surface area contributed by atoms with Crippen LogP contribution in [0.25, 0.3) is 5.69 Å². The maximum atomic E-state index is 12.7. The molecule has 1 fully saturated rings. The Labute approximate surface area is 149 Å². The van der Waals surface area contributed by atoms with Gasteiger partial charge >= 0.3 is 6.61 Å². The number of alkyl halides is 2. The van der Waals surface area contributed by atoms with Crippen LogP contribution in [-0.2, 0) is 0 Å². The van der Waals surface area contributed by atoms with Crippen molar-refractivity contribution in [3.05, 3.63) is 35.7 Å². The molecule has 9 heteroatoms. The summed E-state index contributed by atoms with van der Waals surface area (Å²) in [5.74, 6) is 0.368. The molecule has 0 spiro atoms. The standard InChI is InChI=1S/C17H21F2N5O2/c1-11-15(16(25)23-8-6-12(10-20)7-9-23)21-22-24(11)13-2-4-14(5-3-13)26-17(18)19/h2-5,12,17H,6-10,20H2,1H3. The fourth-order valence-electron chi connectivity index (χ4n) is 3.06. The lowest BCUT2D eigenvalue weighted by Crippen LogP contribution is -2.40. The Morgan fingerprint density at radius 2 is 1.96 bits per heavy atom. The fourth-order valence-corrected chi connectivity index (χ4v) is 3.06. The van der Waals surface area contributed by atoms with Gasteiger partial charge in [-0.05, 0) is 56.5 Å². The third kappa shape index (κ3) is 3.82. The largest absolute Gasteiger partial charge is 0.435 e. The molecule has 7 nitrogen and oxygen atoms in total. The number of likely N-dealkylation sites (tertiary alicyclic amines) is 1. The molecule has 2 N–H and O–H groups in total. The van der Waals surface area contributed by atoms with E-state index in [4.69, 9.17) is 5.73 Å². The second kappa shape index (κ2) is 7.77. The van der Waals surface area contributed by atoms with Gasteiger partial charge in [-0.15, -0.1) is 5.10 Å². The first-order chi connectivity index (χ1) is 12.5. The van der Waals surface area contributed by atoms with Crippen LogP contribution in [0.5, 0.6) is 5.75 Å². The van der Waals surface area contributed by atoms with Gasteiger partial charge < -0.3 is 15.4 Å². The molecule has 26 heavy (non-hydrogen) atoms. The quantitative estimate of drug-likeness (QED) is 0.876. The number of halogens is 2. The van der Waals surface area contributed by atoms with Crippen molar-refractivity contribution in [2.45, 2.75) is 26.4 Å². The maximum absolute atomic E-state index is 12.7. The highest BCUT2D eigenvalue weighted by atomic mass is 19.3. The van der Waals surface area contributed by atoms with Crippen molar-refractivity contribution in [3.63, 3.8) is 0 Å². The molecule has 1 saturated heterocycles. The zero-order valence-electron chi connectivity index (χ0n) is 14.4. The molecular weight excluding hydrogens is 344 g/mol. The first-order valence-electron chi connectivity index (χ1n) is 8.46. The lowest BCUT2D eigenvalue weighted by Gasteiger charge is -2.30. The van der Waals surface area contributed by atoms with Gasteiger partial charge in [-0.25, -0.2) is 4.68 Å². The molecule has 1 aliphatic heterocycles. The second-order valence-electron chi connectivity index (χ2n) is 6.28. The summed E-state index contributed by atoms with van der Waals surface area (Å²) in [7, 11) is 0. The van der Waals surface area contributed by atoms with E-state index in [-0.39, 0.29) is 11.7 Å². The molecule has 1 aromatic heterocycles. The van der Waals surface area contributed by atoms with Crippen LogP contribution < -0.4 is 10.5 Å². The highest BCUT2D eigenvalue weighted by molar-refractivity contribution is 5.93. The first kappa shape index (κ1) is 18.2. The molecule has 0 bridgehead atoms. The van der Waals surface area contributed by atoms with E-state index in [1.165, 1.54) is 16.8 Å². The SMILES string of the molecule is Cc1c(C(=O)N2CCC(CN)CC2)nnn1-c1ccc(OC(F)F)cc1. The Morgan fingerprint density at radius 1 is 1.31 bits per heavy atom. The first-order valence-corrected chi connectivity index (χ1v) is 8.46. The van der Waals surface area contributed by atoms with E-state index in [1.807, 2.05) is 0 Å². The molecule has 2 aromatic rings. The molecule has 0 radical (unpaired) electrons. The Hall–Kier alpha value is -2.55. The Balaban J connectivity index is 1.74. The van der Waals surface area contributed by atoms with Crippen molar-refractivity contribution in [3.8, 4) is 11.4 Å². The summed E-state index contributed by atoms with van der Waals surface area (Å²) in [6.45, 7) is 0.840. The number of carbonyl (C=O) groups excluding carboxylic acids is 1. The number of benzene rings is 1. The zero-order valence-corrected chi connectivity index (χ0v) is 14.4. The summed E-state index contributed by atoms with van der Waals surface area (Å²) in [5, 5.41) is 8.06. The van der Waals surface area contributed by atoms with Crippen LogP contribution >= 0.6 is 0 Å². The summed E-state index contributed by atoms with van der Waals surface area (Å²) >= 11 is 0. The van der Waals surface area contributed by atoms with Gasteiger partial charge in [0, 0.05) is 13.1 Å². The van der Waals surface area contributed by atoms with Crippen molar-refractivity contribution in [1.82, 2.24) is 19.9 Å². The van der Waals surface area contributed by atoms with Crippen molar-refractivity contribution >= 4 is 5.91 Å². The van der Waals surface area contributed by atoms with E-state index < -0.39 is 6.61 Å². The Bertz CT molecular complexity index is 755. The Morgan fingerprint density at radius 3 is 2.54 bits per heavy atom. The summed E-state index contributed by atoms with van der Waals surface area (Å²) < 4.78 is 30.3. The van der Waals surface area contributed by atoms with Crippen LogP contribution in [0.1, 0.15) is 29.0 Å². The minimum atomic E-state index is -2.87. The van der Waals surface area contributed by atoms with Crippen molar-refractivity contribution < 1.29 is 18.3 Å². The van der Waals surface area contributed by atoms with Crippen LogP contribution in [-0.4, -0.2) is 52.0 Å². The number of carbonyl (C=O) groups is 1. The number of ether oxygens (including phenoxy) is 1. The van der Waals surface area contributed by atoms with Gasteiger partial charge in [0.1, 0.15) is 5.75 Å². The summed E-state index contributed by atoms with van der Waals surface area (Å²) in [6.07, 6.45) is 1.78. The monoisotopic (exact) mass is 365 g/mol. The van der Waals surface area contributed by atoms with Crippen molar-refractivity contribution in [1.29, 1.82) is 0 Å². The number of nitrogens with zero attached hydrogens (tertiary/aromatic N) is 4. The number of piperidine rings is 1. The van der Waals surface area contributed by atoms with Crippen molar-refractivity contribution in [2.24, 2.45) is 11.7 Å². The number of amides is 1. The molecule has 1 aromatic carbocycles. The van der Waals surface area contributed by atoms with Crippen LogP contribution in [0, 0.1) is 12.8 Å². The van der Waals surface area contributed by atoms with Gasteiger partial charge in [0.2, 0.25) is 0 Å². The summed E-state index contributed by atoms with van der Waals surface area (Å²) in [5.41, 5.74) is 7.19. The Kier molecular flexibility index (Phi) is 5.46. The number of hydrogen-bond donors (Lipinski definition) is 1. The predicted octanol–water partition coefficient (Wildman–Crippen LogP) is 1.99. The normalized spacial score (nSPS) is 15.5. The topological polar surface area (TPSA) is 86.3 Å². The minimum absolute atomic E-state index is 0.0561. The number of rotatable bonds is 5. The van der Waals surface area contributed by atoms with Gasteiger partial charge in [-0.1, -0.05) is 5.21 Å². The number of hydrogen-bond acceptors (Lipinski definition) is 5. The lowest BCUT2D eigenvalue weighted by atomic mass is 9.97. The van der Waals surface area contributed by atoms with Crippen LogP contribution in [0.15, 0.2) is 24.3 Å². The maximum Gasteiger partial charge on any atom is 0.387 e. The van der Waals surface area contributed by atoms with E-state index >= 15 is 0 Å². The van der Waals surface area contributed by atoms with Crippen molar-refractivity contribution in [2.75, 3.05) is 19.6 Å². The average Bonchev–Trinajstić information content (AvgIpc) is 3.03. The van der Waals surface area contributed by atoms with Gasteiger partial charge in [0.05, 0.1) is 11.4 Å². The summed E-state index contributed by atoms with van der Waals surface area (Å²) in [4.78, 5) is 14.5. The van der Waals surface area contributed by atoms with Gasteiger partial charge in [0.25, 0.3) is 5.91 Å². The molecular formula is C17H21F2N5O2. The van der Waals surface area contributed by atoms with E-state index in [9.17, 15) is 13.6 Å². The molecule has 0 aliphatic carbocycles. The van der Waals surface area contributed by atoms with Crippen LogP contribution in [0.3, 0.4) is 0 Å². The molecule has 0 atom stereocenters. The molecule has 0 saturated carbocycles. The molecule has 0 unspecified atom stereocenters. The lowest BCUT2D eigenvalue weighted by molar-refractivity contribution is -0.0498. The molecule has 3 rings (SSSR count). The van der Waals surface area contributed by atoms with Gasteiger partial charge in [-0.2, -0.15) is 8.78 Å². The van der Waals surface area contributed by atoms with E-state index in [0.717, 1.165) is 12.8 Å². The van der Waals surface area contributed by atoms with E-state index in [0.29, 0.717) is 42.6 Å². The molecule has 1 amide bonds. The second-order valence-corrected chi connectivity index (χ2v) is 6.28.